The maximum Gasteiger partial charge on any atom is 0.356 e. The molecule has 0 aliphatic rings. The van der Waals surface area contributed by atoms with Gasteiger partial charge in [-0.15, -0.1) is 0 Å². The van der Waals surface area contributed by atoms with Crippen molar-refractivity contribution >= 4 is 5.97 Å². The molecule has 4 heteroatoms. The molecule has 1 aromatic heterocycles. The highest BCUT2D eigenvalue weighted by molar-refractivity contribution is 5.87. The molecule has 0 aliphatic carbocycles. The van der Waals surface area contributed by atoms with Crippen LogP contribution in [0.25, 0.3) is 0 Å². The number of esters is 1. The third kappa shape index (κ3) is 3.58. The third-order valence-corrected chi connectivity index (χ3v) is 3.29. The molecular formula is C16H21NO3. The van der Waals surface area contributed by atoms with E-state index in [0.717, 1.165) is 0 Å². The fourth-order valence-electron chi connectivity index (χ4n) is 1.84. The quantitative estimate of drug-likeness (QED) is 0.679. The fraction of sp³-hybridized carbons (Fsp3) is 0.500. The van der Waals surface area contributed by atoms with E-state index in [1.807, 2.05) is 27.7 Å². The highest BCUT2D eigenvalue weighted by Gasteiger charge is 2.32. The molecule has 0 bridgehead atoms. The molecule has 108 valence electrons. The Bertz CT molecular complexity index is 530. The van der Waals surface area contributed by atoms with E-state index in [-0.39, 0.29) is 17.5 Å². The molecule has 0 fully saturated rings. The molecule has 0 unspecified atom stereocenters. The van der Waals surface area contributed by atoms with Crippen molar-refractivity contribution in [1.29, 1.82) is 0 Å². The molecule has 0 spiro atoms. The zero-order valence-corrected chi connectivity index (χ0v) is 12.6. The average molecular weight is 275 g/mol. The van der Waals surface area contributed by atoms with E-state index in [9.17, 15) is 9.90 Å². The molecule has 1 N–H and O–H groups in total. The zero-order valence-electron chi connectivity index (χ0n) is 12.6. The van der Waals surface area contributed by atoms with Crippen LogP contribution in [0.1, 0.15) is 43.9 Å². The van der Waals surface area contributed by atoms with Gasteiger partial charge in [0, 0.05) is 0 Å². The number of carbonyl (C=O) groups is 1. The van der Waals surface area contributed by atoms with Crippen LogP contribution >= 0.6 is 0 Å². The van der Waals surface area contributed by atoms with Gasteiger partial charge in [0.05, 0.1) is 7.11 Å². The molecule has 0 atom stereocenters. The van der Waals surface area contributed by atoms with Gasteiger partial charge in [0.1, 0.15) is 17.0 Å². The van der Waals surface area contributed by atoms with Crippen molar-refractivity contribution in [3.8, 4) is 11.8 Å². The SMILES string of the molecule is COC(=O)c1cccc(C#CC(O)(C(C)C)C(C)C)n1. The van der Waals surface area contributed by atoms with Crippen molar-refractivity contribution in [3.05, 3.63) is 29.6 Å². The lowest BCUT2D eigenvalue weighted by molar-refractivity contribution is 0.00931. The second-order valence-electron chi connectivity index (χ2n) is 5.28. The monoisotopic (exact) mass is 275 g/mol. The predicted octanol–water partition coefficient (Wildman–Crippen LogP) is 2.26. The summed E-state index contributed by atoms with van der Waals surface area (Å²) in [6.45, 7) is 7.69. The highest BCUT2D eigenvalue weighted by atomic mass is 16.5. The zero-order chi connectivity index (χ0) is 15.3. The van der Waals surface area contributed by atoms with E-state index in [4.69, 9.17) is 0 Å². The molecule has 0 amide bonds. The van der Waals surface area contributed by atoms with Crippen molar-refractivity contribution in [2.75, 3.05) is 7.11 Å². The summed E-state index contributed by atoms with van der Waals surface area (Å²) in [4.78, 5) is 15.5. The smallest absolute Gasteiger partial charge is 0.356 e. The van der Waals surface area contributed by atoms with Crippen molar-refractivity contribution in [2.24, 2.45) is 11.8 Å². The van der Waals surface area contributed by atoms with Crippen molar-refractivity contribution in [1.82, 2.24) is 4.98 Å². The van der Waals surface area contributed by atoms with Crippen LogP contribution in [0.15, 0.2) is 18.2 Å². The van der Waals surface area contributed by atoms with Gasteiger partial charge in [0.15, 0.2) is 0 Å². The average Bonchev–Trinajstić information content (AvgIpc) is 2.43. The number of aromatic nitrogens is 1. The van der Waals surface area contributed by atoms with Gasteiger partial charge in [-0.3, -0.25) is 0 Å². The molecule has 0 radical (unpaired) electrons. The van der Waals surface area contributed by atoms with E-state index < -0.39 is 11.6 Å². The first-order valence-corrected chi connectivity index (χ1v) is 6.62. The predicted molar refractivity (Wildman–Crippen MR) is 77.1 cm³/mol. The normalized spacial score (nSPS) is 11.2. The molecule has 4 nitrogen and oxygen atoms in total. The molecule has 0 aromatic carbocycles. The maximum absolute atomic E-state index is 11.4. The second kappa shape index (κ2) is 6.53. The molecular weight excluding hydrogens is 254 g/mol. The summed E-state index contributed by atoms with van der Waals surface area (Å²) < 4.78 is 4.61. The van der Waals surface area contributed by atoms with Gasteiger partial charge >= 0.3 is 5.97 Å². The standard InChI is InChI=1S/C16H21NO3/c1-11(2)16(19,12(3)4)10-9-13-7-6-8-14(17-13)15(18)20-5/h6-8,11-12,19H,1-5H3. The van der Waals surface area contributed by atoms with Crippen molar-refractivity contribution in [2.45, 2.75) is 33.3 Å². The number of methoxy groups -OCH3 is 1. The number of rotatable bonds is 3. The summed E-state index contributed by atoms with van der Waals surface area (Å²) >= 11 is 0. The van der Waals surface area contributed by atoms with Gasteiger partial charge in [0.2, 0.25) is 0 Å². The lowest BCUT2D eigenvalue weighted by Crippen LogP contribution is -2.39. The van der Waals surface area contributed by atoms with Crippen LogP contribution < -0.4 is 0 Å². The Morgan fingerprint density at radius 1 is 1.30 bits per heavy atom. The number of ether oxygens (including phenoxy) is 1. The summed E-state index contributed by atoms with van der Waals surface area (Å²) in [5.74, 6) is 5.23. The lowest BCUT2D eigenvalue weighted by Gasteiger charge is -2.30. The minimum absolute atomic E-state index is 0.00112. The van der Waals surface area contributed by atoms with E-state index >= 15 is 0 Å². The van der Waals surface area contributed by atoms with Crippen LogP contribution in [0.4, 0.5) is 0 Å². The molecule has 0 saturated carbocycles. The molecule has 1 rings (SSSR count). The van der Waals surface area contributed by atoms with E-state index in [1.165, 1.54) is 7.11 Å². The third-order valence-electron chi connectivity index (χ3n) is 3.29. The number of hydrogen-bond donors (Lipinski definition) is 1. The largest absolute Gasteiger partial charge is 0.464 e. The topological polar surface area (TPSA) is 59.4 Å². The number of carbonyl (C=O) groups excluding carboxylic acids is 1. The molecule has 1 aromatic rings. The highest BCUT2D eigenvalue weighted by Crippen LogP contribution is 2.25. The summed E-state index contributed by atoms with van der Waals surface area (Å²) in [6.07, 6.45) is 0. The minimum Gasteiger partial charge on any atom is -0.464 e. The van der Waals surface area contributed by atoms with Crippen molar-refractivity contribution in [3.63, 3.8) is 0 Å². The van der Waals surface area contributed by atoms with Gasteiger partial charge in [-0.05, 0) is 29.9 Å². The van der Waals surface area contributed by atoms with E-state index in [0.29, 0.717) is 5.69 Å². The minimum atomic E-state index is -1.08. The van der Waals surface area contributed by atoms with Gasteiger partial charge in [-0.2, -0.15) is 0 Å². The Balaban J connectivity index is 3.11. The summed E-state index contributed by atoms with van der Waals surface area (Å²) in [6, 6.07) is 4.95. The van der Waals surface area contributed by atoms with Gasteiger partial charge in [0.25, 0.3) is 0 Å². The van der Waals surface area contributed by atoms with Crippen LogP contribution in [-0.2, 0) is 4.74 Å². The van der Waals surface area contributed by atoms with Crippen molar-refractivity contribution < 1.29 is 14.6 Å². The first kappa shape index (κ1) is 16.2. The van der Waals surface area contributed by atoms with Crippen LogP contribution in [0.5, 0.6) is 0 Å². The van der Waals surface area contributed by atoms with E-state index in [1.54, 1.807) is 18.2 Å². The number of hydrogen-bond acceptors (Lipinski definition) is 4. The van der Waals surface area contributed by atoms with Crippen LogP contribution in [0.2, 0.25) is 0 Å². The van der Waals surface area contributed by atoms with Gasteiger partial charge < -0.3 is 9.84 Å². The van der Waals surface area contributed by atoms with Gasteiger partial charge in [-0.1, -0.05) is 39.7 Å². The van der Waals surface area contributed by atoms with E-state index in [2.05, 4.69) is 21.6 Å². The molecule has 0 aliphatic heterocycles. The second-order valence-corrected chi connectivity index (χ2v) is 5.28. The maximum atomic E-state index is 11.4. The first-order valence-electron chi connectivity index (χ1n) is 6.62. The van der Waals surface area contributed by atoms with Crippen LogP contribution in [0.3, 0.4) is 0 Å². The summed E-state index contributed by atoms with van der Waals surface area (Å²) in [5, 5.41) is 10.6. The number of pyridine rings is 1. The van der Waals surface area contributed by atoms with Crippen LogP contribution in [-0.4, -0.2) is 28.8 Å². The Kier molecular flexibility index (Phi) is 5.29. The lowest BCUT2D eigenvalue weighted by atomic mass is 9.81. The Morgan fingerprint density at radius 3 is 2.40 bits per heavy atom. The van der Waals surface area contributed by atoms with Gasteiger partial charge in [-0.25, -0.2) is 9.78 Å². The Morgan fingerprint density at radius 2 is 1.90 bits per heavy atom. The molecule has 0 saturated heterocycles. The number of nitrogens with zero attached hydrogens (tertiary/aromatic N) is 1. The Labute approximate surface area is 120 Å². The fourth-order valence-corrected chi connectivity index (χ4v) is 1.84. The molecule has 20 heavy (non-hydrogen) atoms. The Hall–Kier alpha value is -1.86. The summed E-state index contributed by atoms with van der Waals surface area (Å²) in [5.41, 5.74) is -0.437. The number of aliphatic hydroxyl groups is 1. The molecule has 1 heterocycles. The first-order chi connectivity index (χ1) is 9.31. The van der Waals surface area contributed by atoms with Crippen LogP contribution in [0, 0.1) is 23.7 Å². The summed E-state index contributed by atoms with van der Waals surface area (Å²) in [7, 11) is 1.30.